The Kier molecular flexibility index (Phi) is 4.13. The van der Waals surface area contributed by atoms with Gasteiger partial charge in [0.1, 0.15) is 5.75 Å². The maximum atomic E-state index is 5.68. The average Bonchev–Trinajstić information content (AvgIpc) is 2.92. The van der Waals surface area contributed by atoms with Crippen LogP contribution in [0.4, 0.5) is 0 Å². The van der Waals surface area contributed by atoms with Gasteiger partial charge in [-0.2, -0.15) is 0 Å². The average molecular weight is 324 g/mol. The van der Waals surface area contributed by atoms with Crippen LogP contribution in [0.25, 0.3) is 0 Å². The Labute approximate surface area is 124 Å². The van der Waals surface area contributed by atoms with E-state index in [2.05, 4.69) is 27.3 Å². The Bertz CT molecular complexity index is 466. The van der Waals surface area contributed by atoms with Crippen LogP contribution in [0.2, 0.25) is 0 Å². The number of nitrogens with one attached hydrogen (secondary N) is 1. The van der Waals surface area contributed by atoms with Crippen LogP contribution >= 0.6 is 15.9 Å². The molecule has 1 saturated heterocycles. The highest BCUT2D eigenvalue weighted by atomic mass is 79.9. The molecule has 1 N–H and O–H groups in total. The molecule has 1 aromatic carbocycles. The molecule has 1 aliphatic heterocycles. The predicted molar refractivity (Wildman–Crippen MR) is 82.1 cm³/mol. The summed E-state index contributed by atoms with van der Waals surface area (Å²) >= 11 is 3.78. The van der Waals surface area contributed by atoms with E-state index in [-0.39, 0.29) is 0 Å². The normalized spacial score (nSPS) is 22.3. The van der Waals surface area contributed by atoms with E-state index in [0.717, 1.165) is 12.2 Å². The Morgan fingerprint density at radius 1 is 1.32 bits per heavy atom. The van der Waals surface area contributed by atoms with Gasteiger partial charge in [-0.1, -0.05) is 6.07 Å². The SMILES string of the molecule is COc1c(CC2CCCN2)cc2c(c1Br)CCCC2. The summed E-state index contributed by atoms with van der Waals surface area (Å²) in [5, 5.41) is 3.59. The number of ether oxygens (including phenoxy) is 1. The number of fused-ring (bicyclic) bond motifs is 1. The number of rotatable bonds is 3. The molecule has 0 aromatic heterocycles. The third-order valence-corrected chi connectivity index (χ3v) is 5.29. The summed E-state index contributed by atoms with van der Waals surface area (Å²) < 4.78 is 6.89. The van der Waals surface area contributed by atoms with E-state index in [0.29, 0.717) is 6.04 Å². The second-order valence-electron chi connectivity index (χ2n) is 5.73. The molecule has 3 heteroatoms. The van der Waals surface area contributed by atoms with Crippen LogP contribution in [-0.4, -0.2) is 19.7 Å². The molecule has 104 valence electrons. The van der Waals surface area contributed by atoms with E-state index in [9.17, 15) is 0 Å². The smallest absolute Gasteiger partial charge is 0.136 e. The van der Waals surface area contributed by atoms with E-state index in [1.54, 1.807) is 7.11 Å². The van der Waals surface area contributed by atoms with Crippen LogP contribution in [0.5, 0.6) is 5.75 Å². The second kappa shape index (κ2) is 5.84. The third-order valence-electron chi connectivity index (χ3n) is 4.45. The minimum absolute atomic E-state index is 0.627. The zero-order valence-electron chi connectivity index (χ0n) is 11.6. The molecule has 1 aliphatic carbocycles. The van der Waals surface area contributed by atoms with Crippen molar-refractivity contribution in [2.45, 2.75) is 51.0 Å². The van der Waals surface area contributed by atoms with Gasteiger partial charge in [0.15, 0.2) is 0 Å². The number of benzene rings is 1. The lowest BCUT2D eigenvalue weighted by Crippen LogP contribution is -2.24. The van der Waals surface area contributed by atoms with Gasteiger partial charge >= 0.3 is 0 Å². The number of hydrogen-bond donors (Lipinski definition) is 1. The number of hydrogen-bond acceptors (Lipinski definition) is 2. The lowest BCUT2D eigenvalue weighted by molar-refractivity contribution is 0.402. The molecular weight excluding hydrogens is 302 g/mol. The first-order valence-electron chi connectivity index (χ1n) is 7.40. The topological polar surface area (TPSA) is 21.3 Å². The molecule has 2 nitrogen and oxygen atoms in total. The highest BCUT2D eigenvalue weighted by molar-refractivity contribution is 9.10. The molecule has 0 saturated carbocycles. The van der Waals surface area contributed by atoms with Crippen LogP contribution in [0.1, 0.15) is 42.4 Å². The molecule has 0 radical (unpaired) electrons. The summed E-state index contributed by atoms with van der Waals surface area (Å²) in [6.07, 6.45) is 8.73. The zero-order valence-corrected chi connectivity index (χ0v) is 13.2. The van der Waals surface area contributed by atoms with Crippen molar-refractivity contribution in [3.05, 3.63) is 27.2 Å². The fourth-order valence-electron chi connectivity index (χ4n) is 3.46. The van der Waals surface area contributed by atoms with Crippen molar-refractivity contribution < 1.29 is 4.74 Å². The summed E-state index contributed by atoms with van der Waals surface area (Å²) in [4.78, 5) is 0. The molecule has 1 aromatic rings. The first-order chi connectivity index (χ1) is 9.29. The lowest BCUT2D eigenvalue weighted by Gasteiger charge is -2.23. The summed E-state index contributed by atoms with van der Waals surface area (Å²) in [5.41, 5.74) is 4.38. The minimum atomic E-state index is 0.627. The minimum Gasteiger partial charge on any atom is -0.495 e. The largest absolute Gasteiger partial charge is 0.495 e. The molecule has 2 aliphatic rings. The number of methoxy groups -OCH3 is 1. The summed E-state index contributed by atoms with van der Waals surface area (Å²) in [6.45, 7) is 1.17. The van der Waals surface area contributed by atoms with Gasteiger partial charge in [0.2, 0.25) is 0 Å². The van der Waals surface area contributed by atoms with Crippen molar-refractivity contribution in [3.63, 3.8) is 0 Å². The molecule has 0 amide bonds. The molecular formula is C16H22BrNO. The molecule has 0 spiro atoms. The van der Waals surface area contributed by atoms with Gasteiger partial charge in [0.05, 0.1) is 11.6 Å². The van der Waals surface area contributed by atoms with E-state index in [1.165, 1.54) is 66.2 Å². The molecule has 1 unspecified atom stereocenters. The Balaban J connectivity index is 1.95. The van der Waals surface area contributed by atoms with Crippen molar-refractivity contribution in [3.8, 4) is 5.75 Å². The molecule has 3 rings (SSSR count). The van der Waals surface area contributed by atoms with Gasteiger partial charge in [0.25, 0.3) is 0 Å². The molecule has 1 atom stereocenters. The highest BCUT2D eigenvalue weighted by Gasteiger charge is 2.22. The van der Waals surface area contributed by atoms with Gasteiger partial charge < -0.3 is 10.1 Å². The van der Waals surface area contributed by atoms with E-state index >= 15 is 0 Å². The third kappa shape index (κ3) is 2.68. The molecule has 0 bridgehead atoms. The second-order valence-corrected chi connectivity index (χ2v) is 6.52. The Morgan fingerprint density at radius 3 is 2.89 bits per heavy atom. The first kappa shape index (κ1) is 13.4. The molecule has 19 heavy (non-hydrogen) atoms. The van der Waals surface area contributed by atoms with Crippen molar-refractivity contribution in [2.24, 2.45) is 0 Å². The summed E-state index contributed by atoms with van der Waals surface area (Å²) in [7, 11) is 1.79. The Morgan fingerprint density at radius 2 is 2.16 bits per heavy atom. The fraction of sp³-hybridized carbons (Fsp3) is 0.625. The van der Waals surface area contributed by atoms with Crippen LogP contribution in [0.3, 0.4) is 0 Å². The van der Waals surface area contributed by atoms with Crippen molar-refractivity contribution in [1.29, 1.82) is 0 Å². The monoisotopic (exact) mass is 323 g/mol. The Hall–Kier alpha value is -0.540. The predicted octanol–water partition coefficient (Wildman–Crippen LogP) is 3.63. The summed E-state index contributed by atoms with van der Waals surface area (Å²) in [6, 6.07) is 3.03. The maximum absolute atomic E-state index is 5.68. The standard InChI is InChI=1S/C16H22BrNO/c1-19-16-12(10-13-6-4-8-18-13)9-11-5-2-3-7-14(11)15(16)17/h9,13,18H,2-8,10H2,1H3. The number of halogens is 1. The number of aryl methyl sites for hydroxylation is 1. The van der Waals surface area contributed by atoms with E-state index < -0.39 is 0 Å². The van der Waals surface area contributed by atoms with Gasteiger partial charge in [-0.05, 0) is 84.1 Å². The molecule has 1 heterocycles. The van der Waals surface area contributed by atoms with Gasteiger partial charge in [-0.15, -0.1) is 0 Å². The fourth-order valence-corrected chi connectivity index (χ4v) is 4.33. The maximum Gasteiger partial charge on any atom is 0.136 e. The van der Waals surface area contributed by atoms with E-state index in [4.69, 9.17) is 4.74 Å². The van der Waals surface area contributed by atoms with Crippen molar-refractivity contribution in [1.82, 2.24) is 5.32 Å². The quantitative estimate of drug-likeness (QED) is 0.917. The van der Waals surface area contributed by atoms with Crippen LogP contribution < -0.4 is 10.1 Å². The van der Waals surface area contributed by atoms with Crippen LogP contribution in [0, 0.1) is 0 Å². The van der Waals surface area contributed by atoms with Gasteiger partial charge in [0, 0.05) is 6.04 Å². The summed E-state index contributed by atoms with van der Waals surface area (Å²) in [5.74, 6) is 1.06. The lowest BCUT2D eigenvalue weighted by atomic mass is 9.88. The van der Waals surface area contributed by atoms with Gasteiger partial charge in [-0.25, -0.2) is 0 Å². The first-order valence-corrected chi connectivity index (χ1v) is 8.19. The van der Waals surface area contributed by atoms with E-state index in [1.807, 2.05) is 0 Å². The van der Waals surface area contributed by atoms with Crippen LogP contribution in [-0.2, 0) is 19.3 Å². The highest BCUT2D eigenvalue weighted by Crippen LogP contribution is 2.39. The van der Waals surface area contributed by atoms with Crippen molar-refractivity contribution in [2.75, 3.05) is 13.7 Å². The zero-order chi connectivity index (χ0) is 13.2. The van der Waals surface area contributed by atoms with Crippen LogP contribution in [0.15, 0.2) is 10.5 Å². The molecule has 1 fully saturated rings. The van der Waals surface area contributed by atoms with Crippen molar-refractivity contribution >= 4 is 15.9 Å². The van der Waals surface area contributed by atoms with Gasteiger partial charge in [-0.3, -0.25) is 0 Å².